The zero-order chi connectivity index (χ0) is 11.3. The van der Waals surface area contributed by atoms with Gasteiger partial charge in [-0.15, -0.1) is 0 Å². The summed E-state index contributed by atoms with van der Waals surface area (Å²) < 4.78 is 0. The van der Waals surface area contributed by atoms with Crippen LogP contribution in [0.5, 0.6) is 0 Å². The quantitative estimate of drug-likeness (QED) is 0.804. The second kappa shape index (κ2) is 5.86. The van der Waals surface area contributed by atoms with Crippen molar-refractivity contribution in [3.05, 3.63) is 29.6 Å². The molecule has 0 amide bonds. The van der Waals surface area contributed by atoms with Crippen molar-refractivity contribution in [1.82, 2.24) is 4.98 Å². The molecular weight excluding hydrogens is 184 g/mol. The molecule has 1 unspecified atom stereocenters. The Morgan fingerprint density at radius 2 is 2.00 bits per heavy atom. The van der Waals surface area contributed by atoms with Gasteiger partial charge in [-0.2, -0.15) is 0 Å². The van der Waals surface area contributed by atoms with Crippen LogP contribution in [0.4, 0.5) is 0 Å². The molecule has 0 saturated heterocycles. The van der Waals surface area contributed by atoms with E-state index in [0.717, 1.165) is 24.5 Å². The molecule has 0 aliphatic rings. The van der Waals surface area contributed by atoms with Crippen molar-refractivity contribution in [2.24, 2.45) is 11.7 Å². The Kier molecular flexibility index (Phi) is 4.76. The van der Waals surface area contributed by atoms with Crippen LogP contribution in [-0.2, 0) is 6.42 Å². The number of aryl methyl sites for hydroxylation is 1. The molecule has 0 radical (unpaired) electrons. The molecule has 1 atom stereocenters. The second-order valence-corrected chi connectivity index (χ2v) is 4.76. The predicted octanol–water partition coefficient (Wildman–Crippen LogP) is 2.70. The molecule has 0 aromatic carbocycles. The van der Waals surface area contributed by atoms with Crippen molar-refractivity contribution < 1.29 is 0 Å². The standard InChI is InChI=1S/C13H22N2/c1-10(2)4-6-12(14)8-13-7-5-11(3)9-15-13/h5,7,9-10,12H,4,6,8,14H2,1-3H3. The van der Waals surface area contributed by atoms with Crippen LogP contribution >= 0.6 is 0 Å². The highest BCUT2D eigenvalue weighted by atomic mass is 14.7. The lowest BCUT2D eigenvalue weighted by atomic mass is 10.0. The van der Waals surface area contributed by atoms with E-state index in [0.29, 0.717) is 0 Å². The zero-order valence-electron chi connectivity index (χ0n) is 10.0. The summed E-state index contributed by atoms with van der Waals surface area (Å²) in [4.78, 5) is 4.37. The van der Waals surface area contributed by atoms with Crippen LogP contribution in [-0.4, -0.2) is 11.0 Å². The highest BCUT2D eigenvalue weighted by Crippen LogP contribution is 2.09. The van der Waals surface area contributed by atoms with Gasteiger partial charge < -0.3 is 5.73 Å². The topological polar surface area (TPSA) is 38.9 Å². The van der Waals surface area contributed by atoms with E-state index in [1.165, 1.54) is 12.0 Å². The maximum Gasteiger partial charge on any atom is 0.0419 e. The maximum atomic E-state index is 6.05. The van der Waals surface area contributed by atoms with E-state index in [1.54, 1.807) is 0 Å². The average Bonchev–Trinajstić information content (AvgIpc) is 2.19. The number of hydrogen-bond donors (Lipinski definition) is 1. The lowest BCUT2D eigenvalue weighted by Crippen LogP contribution is -2.23. The summed E-state index contributed by atoms with van der Waals surface area (Å²) in [5, 5.41) is 0. The molecule has 15 heavy (non-hydrogen) atoms. The van der Waals surface area contributed by atoms with Crippen LogP contribution in [0.15, 0.2) is 18.3 Å². The number of nitrogens with two attached hydrogens (primary N) is 1. The third-order valence-corrected chi connectivity index (χ3v) is 2.56. The van der Waals surface area contributed by atoms with Crippen LogP contribution in [0.2, 0.25) is 0 Å². The first-order chi connectivity index (χ1) is 7.08. The number of nitrogens with zero attached hydrogens (tertiary/aromatic N) is 1. The van der Waals surface area contributed by atoms with Crippen molar-refractivity contribution >= 4 is 0 Å². The molecular formula is C13H22N2. The summed E-state index contributed by atoms with van der Waals surface area (Å²) in [6, 6.07) is 4.42. The Hall–Kier alpha value is -0.890. The third-order valence-electron chi connectivity index (χ3n) is 2.56. The predicted molar refractivity (Wildman–Crippen MR) is 64.7 cm³/mol. The van der Waals surface area contributed by atoms with E-state index in [1.807, 2.05) is 6.20 Å². The lowest BCUT2D eigenvalue weighted by Gasteiger charge is -2.12. The molecule has 2 N–H and O–H groups in total. The van der Waals surface area contributed by atoms with Crippen LogP contribution < -0.4 is 5.73 Å². The molecule has 1 aromatic heterocycles. The van der Waals surface area contributed by atoms with Gasteiger partial charge >= 0.3 is 0 Å². The van der Waals surface area contributed by atoms with Crippen LogP contribution in [0.1, 0.15) is 37.9 Å². The fourth-order valence-electron chi connectivity index (χ4n) is 1.54. The highest BCUT2D eigenvalue weighted by Gasteiger charge is 2.06. The maximum absolute atomic E-state index is 6.05. The molecule has 0 aliphatic heterocycles. The second-order valence-electron chi connectivity index (χ2n) is 4.76. The Bertz CT molecular complexity index is 277. The first kappa shape index (κ1) is 12.2. The molecule has 1 aromatic rings. The summed E-state index contributed by atoms with van der Waals surface area (Å²) in [6.07, 6.45) is 5.09. The molecule has 0 saturated carbocycles. The molecule has 2 nitrogen and oxygen atoms in total. The summed E-state index contributed by atoms with van der Waals surface area (Å²) >= 11 is 0. The summed E-state index contributed by atoms with van der Waals surface area (Å²) in [5.41, 5.74) is 8.36. The summed E-state index contributed by atoms with van der Waals surface area (Å²) in [5.74, 6) is 0.738. The van der Waals surface area contributed by atoms with Crippen LogP contribution in [0.3, 0.4) is 0 Å². The van der Waals surface area contributed by atoms with E-state index >= 15 is 0 Å². The van der Waals surface area contributed by atoms with Gasteiger partial charge in [0, 0.05) is 24.4 Å². The minimum atomic E-state index is 0.252. The smallest absolute Gasteiger partial charge is 0.0419 e. The fourth-order valence-corrected chi connectivity index (χ4v) is 1.54. The first-order valence-electron chi connectivity index (χ1n) is 5.75. The average molecular weight is 206 g/mol. The molecule has 0 fully saturated rings. The van der Waals surface area contributed by atoms with E-state index in [2.05, 4.69) is 37.9 Å². The molecule has 1 heterocycles. The fraction of sp³-hybridized carbons (Fsp3) is 0.615. The minimum Gasteiger partial charge on any atom is -0.327 e. The molecule has 0 spiro atoms. The third kappa shape index (κ3) is 4.93. The van der Waals surface area contributed by atoms with Gasteiger partial charge in [0.25, 0.3) is 0 Å². The number of pyridine rings is 1. The highest BCUT2D eigenvalue weighted by molar-refractivity contribution is 5.12. The van der Waals surface area contributed by atoms with Gasteiger partial charge in [0.2, 0.25) is 0 Å². The van der Waals surface area contributed by atoms with Crippen molar-refractivity contribution in [3.8, 4) is 0 Å². The van der Waals surface area contributed by atoms with Gasteiger partial charge in [0.15, 0.2) is 0 Å². The molecule has 1 rings (SSSR count). The van der Waals surface area contributed by atoms with E-state index in [9.17, 15) is 0 Å². The van der Waals surface area contributed by atoms with Gasteiger partial charge in [-0.25, -0.2) is 0 Å². The van der Waals surface area contributed by atoms with Gasteiger partial charge in [0.05, 0.1) is 0 Å². The number of hydrogen-bond acceptors (Lipinski definition) is 2. The van der Waals surface area contributed by atoms with Gasteiger partial charge in [-0.1, -0.05) is 19.9 Å². The molecule has 84 valence electrons. The van der Waals surface area contributed by atoms with Gasteiger partial charge in [0.1, 0.15) is 0 Å². The summed E-state index contributed by atoms with van der Waals surface area (Å²) in [6.45, 7) is 6.52. The van der Waals surface area contributed by atoms with Crippen molar-refractivity contribution in [2.45, 2.75) is 46.1 Å². The normalized spacial score (nSPS) is 13.1. The minimum absolute atomic E-state index is 0.252. The van der Waals surface area contributed by atoms with E-state index < -0.39 is 0 Å². The Morgan fingerprint density at radius 1 is 1.27 bits per heavy atom. The van der Waals surface area contributed by atoms with E-state index in [4.69, 9.17) is 5.73 Å². The largest absolute Gasteiger partial charge is 0.327 e. The first-order valence-corrected chi connectivity index (χ1v) is 5.75. The Morgan fingerprint density at radius 3 is 2.53 bits per heavy atom. The van der Waals surface area contributed by atoms with Crippen molar-refractivity contribution in [1.29, 1.82) is 0 Å². The van der Waals surface area contributed by atoms with Crippen LogP contribution in [0, 0.1) is 12.8 Å². The zero-order valence-corrected chi connectivity index (χ0v) is 10.0. The summed E-state index contributed by atoms with van der Waals surface area (Å²) in [7, 11) is 0. The lowest BCUT2D eigenvalue weighted by molar-refractivity contribution is 0.492. The Labute approximate surface area is 92.9 Å². The molecule has 0 aliphatic carbocycles. The van der Waals surface area contributed by atoms with Gasteiger partial charge in [-0.05, 0) is 37.3 Å². The van der Waals surface area contributed by atoms with Crippen molar-refractivity contribution in [2.75, 3.05) is 0 Å². The monoisotopic (exact) mass is 206 g/mol. The SMILES string of the molecule is Cc1ccc(CC(N)CCC(C)C)nc1. The molecule has 2 heteroatoms. The van der Waals surface area contributed by atoms with Gasteiger partial charge in [-0.3, -0.25) is 4.98 Å². The number of aromatic nitrogens is 1. The van der Waals surface area contributed by atoms with E-state index in [-0.39, 0.29) is 6.04 Å². The van der Waals surface area contributed by atoms with Crippen LogP contribution in [0.25, 0.3) is 0 Å². The Balaban J connectivity index is 2.37. The number of rotatable bonds is 5. The van der Waals surface area contributed by atoms with Crippen molar-refractivity contribution in [3.63, 3.8) is 0 Å². The molecule has 0 bridgehead atoms.